The van der Waals surface area contributed by atoms with Gasteiger partial charge in [0.25, 0.3) is 0 Å². The lowest BCUT2D eigenvalue weighted by Gasteiger charge is -2.19. The molecular weight excluding hydrogens is 380 g/mol. The van der Waals surface area contributed by atoms with Crippen molar-refractivity contribution in [1.82, 2.24) is 0 Å². The summed E-state index contributed by atoms with van der Waals surface area (Å²) in [6, 6.07) is 12.3. The van der Waals surface area contributed by atoms with Crippen molar-refractivity contribution >= 4 is 27.3 Å². The van der Waals surface area contributed by atoms with E-state index in [1.165, 1.54) is 11.4 Å². The third-order valence-corrected chi connectivity index (χ3v) is 6.32. The number of anilines is 2. The Labute approximate surface area is 165 Å². The molecule has 2 aromatic rings. The smallest absolute Gasteiger partial charge is 0.235 e. The van der Waals surface area contributed by atoms with E-state index in [0.717, 1.165) is 11.3 Å². The number of nitrogens with zero attached hydrogens (tertiary/aromatic N) is 1. The lowest BCUT2D eigenvalue weighted by Crippen LogP contribution is -2.25. The maximum absolute atomic E-state index is 12.4. The molecule has 0 radical (unpaired) electrons. The minimum atomic E-state index is -3.27. The fraction of sp³-hybridized carbons (Fsp3) is 0.350. The van der Waals surface area contributed by atoms with Crippen molar-refractivity contribution in [3.63, 3.8) is 0 Å². The van der Waals surface area contributed by atoms with Crippen LogP contribution >= 0.6 is 0 Å². The molecule has 28 heavy (non-hydrogen) atoms. The van der Waals surface area contributed by atoms with Crippen LogP contribution in [0.15, 0.2) is 42.5 Å². The van der Waals surface area contributed by atoms with Crippen molar-refractivity contribution in [2.24, 2.45) is 0 Å². The third-order valence-electron chi connectivity index (χ3n) is 4.45. The molecule has 0 aromatic heterocycles. The van der Waals surface area contributed by atoms with Gasteiger partial charge in [0, 0.05) is 12.6 Å². The number of carbonyl (C=O) groups excluding carboxylic acids is 1. The summed E-state index contributed by atoms with van der Waals surface area (Å²) in [6.45, 7) is 2.96. The Morgan fingerprint density at radius 2 is 1.93 bits per heavy atom. The van der Waals surface area contributed by atoms with Crippen molar-refractivity contribution < 1.29 is 22.7 Å². The van der Waals surface area contributed by atoms with Gasteiger partial charge in [-0.15, -0.1) is 0 Å². The zero-order valence-corrected chi connectivity index (χ0v) is 16.8. The predicted molar refractivity (Wildman–Crippen MR) is 109 cm³/mol. The summed E-state index contributed by atoms with van der Waals surface area (Å²) >= 11 is 0. The van der Waals surface area contributed by atoms with Crippen molar-refractivity contribution in [2.45, 2.75) is 19.8 Å². The molecule has 1 N–H and O–H groups in total. The van der Waals surface area contributed by atoms with Crippen molar-refractivity contribution in [3.05, 3.63) is 48.0 Å². The first kappa shape index (κ1) is 20.0. The normalized spacial score (nSPS) is 15.3. The molecule has 1 aliphatic heterocycles. The number of benzene rings is 2. The largest absolute Gasteiger partial charge is 0.494 e. The molecule has 3 rings (SSSR count). The fourth-order valence-electron chi connectivity index (χ4n) is 3.12. The quantitative estimate of drug-likeness (QED) is 0.767. The first-order valence-electron chi connectivity index (χ1n) is 9.13. The first-order valence-corrected chi connectivity index (χ1v) is 10.7. The number of carbonyl (C=O) groups is 1. The number of hydrogen-bond acceptors (Lipinski definition) is 5. The van der Waals surface area contributed by atoms with Gasteiger partial charge in [0.15, 0.2) is 0 Å². The van der Waals surface area contributed by atoms with Gasteiger partial charge < -0.3 is 14.8 Å². The number of methoxy groups -OCH3 is 1. The maximum atomic E-state index is 12.4. The molecule has 1 saturated heterocycles. The number of rotatable bonds is 7. The van der Waals surface area contributed by atoms with E-state index in [-0.39, 0.29) is 18.1 Å². The van der Waals surface area contributed by atoms with Gasteiger partial charge >= 0.3 is 0 Å². The van der Waals surface area contributed by atoms with E-state index >= 15 is 0 Å². The Morgan fingerprint density at radius 1 is 1.18 bits per heavy atom. The average molecular weight is 404 g/mol. The highest BCUT2D eigenvalue weighted by atomic mass is 32.2. The number of nitrogens with one attached hydrogen (secondary N) is 1. The van der Waals surface area contributed by atoms with E-state index in [0.29, 0.717) is 36.7 Å². The Kier molecular flexibility index (Phi) is 6.08. The molecule has 1 aliphatic rings. The highest BCUT2D eigenvalue weighted by Gasteiger charge is 2.29. The van der Waals surface area contributed by atoms with Crippen molar-refractivity contribution in [2.75, 3.05) is 35.6 Å². The molecule has 0 unspecified atom stereocenters. The van der Waals surface area contributed by atoms with E-state index < -0.39 is 10.0 Å². The van der Waals surface area contributed by atoms with Crippen molar-refractivity contribution in [3.8, 4) is 11.5 Å². The molecule has 7 nitrogen and oxygen atoms in total. The second-order valence-electron chi connectivity index (χ2n) is 6.43. The van der Waals surface area contributed by atoms with Gasteiger partial charge in [-0.25, -0.2) is 8.42 Å². The highest BCUT2D eigenvalue weighted by molar-refractivity contribution is 7.93. The minimum Gasteiger partial charge on any atom is -0.494 e. The zero-order valence-electron chi connectivity index (χ0n) is 16.0. The third kappa shape index (κ3) is 4.56. The number of amides is 1. The molecular formula is C20H24N2O5S. The summed E-state index contributed by atoms with van der Waals surface area (Å²) < 4.78 is 36.3. The second-order valence-corrected chi connectivity index (χ2v) is 8.44. The molecule has 2 aromatic carbocycles. The molecule has 0 bridgehead atoms. The Morgan fingerprint density at radius 3 is 2.54 bits per heavy atom. The molecule has 0 saturated carbocycles. The van der Waals surface area contributed by atoms with Crippen LogP contribution in [0, 0.1) is 0 Å². The van der Waals surface area contributed by atoms with Crippen LogP contribution in [-0.2, 0) is 21.2 Å². The van der Waals surface area contributed by atoms with Gasteiger partial charge in [-0.2, -0.15) is 0 Å². The monoisotopic (exact) mass is 404 g/mol. The molecule has 1 fully saturated rings. The van der Waals surface area contributed by atoms with Gasteiger partial charge in [-0.3, -0.25) is 9.10 Å². The molecule has 0 spiro atoms. The van der Waals surface area contributed by atoms with Gasteiger partial charge in [-0.05, 0) is 43.2 Å². The van der Waals surface area contributed by atoms with Crippen LogP contribution in [0.1, 0.15) is 18.9 Å². The SMILES string of the molecule is CCOc1ccc(CC(=O)Nc2ccc(N3CCCS3(=O)=O)cc2OC)cc1. The Bertz CT molecular complexity index is 942. The van der Waals surface area contributed by atoms with Crippen molar-refractivity contribution in [1.29, 1.82) is 0 Å². The molecule has 0 atom stereocenters. The Hall–Kier alpha value is -2.74. The topological polar surface area (TPSA) is 84.9 Å². The van der Waals surface area contributed by atoms with Crippen LogP contribution < -0.4 is 19.1 Å². The van der Waals surface area contributed by atoms with Gasteiger partial charge in [0.05, 0.1) is 37.3 Å². The summed E-state index contributed by atoms with van der Waals surface area (Å²) in [5, 5.41) is 2.83. The molecule has 1 heterocycles. The van der Waals surface area contributed by atoms with Gasteiger partial charge in [0.2, 0.25) is 15.9 Å². The maximum Gasteiger partial charge on any atom is 0.235 e. The van der Waals surface area contributed by atoms with Crippen LogP contribution in [0.2, 0.25) is 0 Å². The summed E-state index contributed by atoms with van der Waals surface area (Å²) in [7, 11) is -1.78. The highest BCUT2D eigenvalue weighted by Crippen LogP contribution is 2.33. The lowest BCUT2D eigenvalue weighted by atomic mass is 10.1. The summed E-state index contributed by atoms with van der Waals surface area (Å²) in [4.78, 5) is 12.4. The van der Waals surface area contributed by atoms with E-state index in [1.807, 2.05) is 31.2 Å². The summed E-state index contributed by atoms with van der Waals surface area (Å²) in [6.07, 6.45) is 0.809. The molecule has 1 amide bonds. The minimum absolute atomic E-state index is 0.149. The van der Waals surface area contributed by atoms with Gasteiger partial charge in [0.1, 0.15) is 11.5 Å². The number of hydrogen-bond donors (Lipinski definition) is 1. The van der Waals surface area contributed by atoms with E-state index in [9.17, 15) is 13.2 Å². The lowest BCUT2D eigenvalue weighted by molar-refractivity contribution is -0.115. The van der Waals surface area contributed by atoms with Crippen LogP contribution in [0.5, 0.6) is 11.5 Å². The van der Waals surface area contributed by atoms with Crippen LogP contribution in [0.3, 0.4) is 0 Å². The standard InChI is InChI=1S/C20H24N2O5S/c1-3-27-17-8-5-15(6-9-17)13-20(23)21-18-10-7-16(14-19(18)26-2)22-11-4-12-28(22,24)25/h5-10,14H,3-4,11-13H2,1-2H3,(H,21,23). The zero-order chi connectivity index (χ0) is 20.1. The van der Waals surface area contributed by atoms with Crippen LogP contribution in [0.25, 0.3) is 0 Å². The van der Waals surface area contributed by atoms with Gasteiger partial charge in [-0.1, -0.05) is 12.1 Å². The molecule has 0 aliphatic carbocycles. The molecule has 150 valence electrons. The molecule has 8 heteroatoms. The summed E-state index contributed by atoms with van der Waals surface area (Å²) in [5.74, 6) is 1.14. The van der Waals surface area contributed by atoms with E-state index in [1.54, 1.807) is 18.2 Å². The average Bonchev–Trinajstić information content (AvgIpc) is 3.03. The number of sulfonamides is 1. The Balaban J connectivity index is 1.70. The second kappa shape index (κ2) is 8.52. The first-order chi connectivity index (χ1) is 13.4. The van der Waals surface area contributed by atoms with E-state index in [2.05, 4.69) is 5.32 Å². The fourth-order valence-corrected chi connectivity index (χ4v) is 4.67. The number of ether oxygens (including phenoxy) is 2. The van der Waals surface area contributed by atoms with Crippen LogP contribution in [-0.4, -0.2) is 40.3 Å². The summed E-state index contributed by atoms with van der Waals surface area (Å²) in [5.41, 5.74) is 1.90. The van der Waals surface area contributed by atoms with Crippen LogP contribution in [0.4, 0.5) is 11.4 Å². The predicted octanol–water partition coefficient (Wildman–Crippen LogP) is 2.82. The van der Waals surface area contributed by atoms with E-state index in [4.69, 9.17) is 9.47 Å².